The fraction of sp³-hybridized carbons (Fsp3) is 0.619. The van der Waals surface area contributed by atoms with Crippen molar-refractivity contribution in [3.63, 3.8) is 0 Å². The number of ether oxygens (including phenoxy) is 2. The second kappa shape index (κ2) is 9.85. The van der Waals surface area contributed by atoms with Crippen molar-refractivity contribution in [3.05, 3.63) is 35.9 Å². The molecule has 2 amide bonds. The van der Waals surface area contributed by atoms with Crippen molar-refractivity contribution in [2.24, 2.45) is 0 Å². The third kappa shape index (κ3) is 4.87. The molecule has 0 unspecified atom stereocenters. The van der Waals surface area contributed by atoms with Gasteiger partial charge in [0.15, 0.2) is 6.10 Å². The van der Waals surface area contributed by atoms with Crippen LogP contribution < -0.4 is 5.32 Å². The predicted octanol–water partition coefficient (Wildman–Crippen LogP) is 2.44. The molecule has 2 aliphatic rings. The fourth-order valence-corrected chi connectivity index (χ4v) is 4.08. The Hall–Kier alpha value is -1.92. The summed E-state index contributed by atoms with van der Waals surface area (Å²) in [5, 5.41) is 2.96. The van der Waals surface area contributed by atoms with Gasteiger partial charge in [0, 0.05) is 25.8 Å². The molecule has 6 heteroatoms. The van der Waals surface area contributed by atoms with Crippen molar-refractivity contribution in [1.29, 1.82) is 0 Å². The van der Waals surface area contributed by atoms with Gasteiger partial charge < -0.3 is 19.7 Å². The van der Waals surface area contributed by atoms with Crippen LogP contribution in [0.15, 0.2) is 30.3 Å². The van der Waals surface area contributed by atoms with E-state index in [9.17, 15) is 9.59 Å². The van der Waals surface area contributed by atoms with Gasteiger partial charge in [-0.05, 0) is 31.7 Å². The largest absolute Gasteiger partial charge is 0.382 e. The van der Waals surface area contributed by atoms with Gasteiger partial charge in [0.2, 0.25) is 5.91 Å². The maximum Gasteiger partial charge on any atom is 0.251 e. The average Bonchev–Trinajstić information content (AvgIpc) is 3.22. The van der Waals surface area contributed by atoms with Crippen LogP contribution in [0.1, 0.15) is 50.6 Å². The van der Waals surface area contributed by atoms with Gasteiger partial charge in [-0.2, -0.15) is 0 Å². The molecule has 3 rings (SSSR count). The molecule has 0 radical (unpaired) electrons. The first-order valence-corrected chi connectivity index (χ1v) is 10.1. The summed E-state index contributed by atoms with van der Waals surface area (Å²) in [6, 6.07) is 9.60. The van der Waals surface area contributed by atoms with Gasteiger partial charge in [-0.25, -0.2) is 0 Å². The van der Waals surface area contributed by atoms with Crippen LogP contribution in [0.2, 0.25) is 0 Å². The molecule has 0 spiro atoms. The number of carbonyl (C=O) groups excluding carboxylic acids is 2. The SMILES string of the molecule is CCOCCCNC(=O)[C@@H]1OCC(=O)N(C2CCCC2)[C@H]1c1ccccc1. The van der Waals surface area contributed by atoms with Crippen LogP contribution in [0.5, 0.6) is 0 Å². The van der Waals surface area contributed by atoms with Crippen LogP contribution in [0.25, 0.3) is 0 Å². The number of nitrogens with zero attached hydrogens (tertiary/aromatic N) is 1. The minimum Gasteiger partial charge on any atom is -0.382 e. The van der Waals surface area contributed by atoms with Crippen LogP contribution in [-0.2, 0) is 19.1 Å². The summed E-state index contributed by atoms with van der Waals surface area (Å²) in [4.78, 5) is 27.5. The van der Waals surface area contributed by atoms with Crippen LogP contribution in [0.3, 0.4) is 0 Å². The van der Waals surface area contributed by atoms with Gasteiger partial charge in [0.25, 0.3) is 5.91 Å². The molecule has 27 heavy (non-hydrogen) atoms. The van der Waals surface area contributed by atoms with Crippen molar-refractivity contribution in [2.75, 3.05) is 26.4 Å². The summed E-state index contributed by atoms with van der Waals surface area (Å²) in [7, 11) is 0. The minimum atomic E-state index is -0.683. The fourth-order valence-electron chi connectivity index (χ4n) is 4.08. The summed E-state index contributed by atoms with van der Waals surface area (Å²) in [5.74, 6) is -0.174. The number of hydrogen-bond donors (Lipinski definition) is 1. The molecule has 1 aromatic carbocycles. The Labute approximate surface area is 161 Å². The zero-order valence-electron chi connectivity index (χ0n) is 16.1. The zero-order valence-corrected chi connectivity index (χ0v) is 16.1. The molecule has 0 bridgehead atoms. The van der Waals surface area contributed by atoms with Crippen LogP contribution in [0.4, 0.5) is 0 Å². The lowest BCUT2D eigenvalue weighted by molar-refractivity contribution is -0.168. The van der Waals surface area contributed by atoms with Crippen molar-refractivity contribution < 1.29 is 19.1 Å². The van der Waals surface area contributed by atoms with E-state index in [1.54, 1.807) is 0 Å². The lowest BCUT2D eigenvalue weighted by Crippen LogP contribution is -2.57. The lowest BCUT2D eigenvalue weighted by Gasteiger charge is -2.43. The first-order chi connectivity index (χ1) is 13.2. The van der Waals surface area contributed by atoms with Crippen molar-refractivity contribution >= 4 is 11.8 Å². The Balaban J connectivity index is 1.76. The molecule has 148 valence electrons. The van der Waals surface area contributed by atoms with Gasteiger partial charge in [0.05, 0.1) is 6.04 Å². The van der Waals surface area contributed by atoms with E-state index in [1.165, 1.54) is 0 Å². The molecular weight excluding hydrogens is 344 g/mol. The second-order valence-electron chi connectivity index (χ2n) is 7.17. The highest BCUT2D eigenvalue weighted by Gasteiger charge is 2.44. The molecule has 1 aromatic rings. The van der Waals surface area contributed by atoms with Gasteiger partial charge >= 0.3 is 0 Å². The number of rotatable bonds is 8. The number of hydrogen-bond acceptors (Lipinski definition) is 4. The molecule has 2 atom stereocenters. The van der Waals surface area contributed by atoms with E-state index >= 15 is 0 Å². The summed E-state index contributed by atoms with van der Waals surface area (Å²) < 4.78 is 11.1. The van der Waals surface area contributed by atoms with Crippen LogP contribution >= 0.6 is 0 Å². The monoisotopic (exact) mass is 374 g/mol. The number of benzene rings is 1. The summed E-state index contributed by atoms with van der Waals surface area (Å²) >= 11 is 0. The van der Waals surface area contributed by atoms with Gasteiger partial charge in [-0.3, -0.25) is 9.59 Å². The maximum absolute atomic E-state index is 12.9. The molecule has 1 saturated heterocycles. The number of morpholine rings is 1. The van der Waals surface area contributed by atoms with E-state index in [-0.39, 0.29) is 30.5 Å². The van der Waals surface area contributed by atoms with Crippen LogP contribution in [0, 0.1) is 0 Å². The van der Waals surface area contributed by atoms with E-state index in [0.717, 1.165) is 37.7 Å². The highest BCUT2D eigenvalue weighted by Crippen LogP contribution is 2.36. The molecule has 2 fully saturated rings. The predicted molar refractivity (Wildman–Crippen MR) is 102 cm³/mol. The summed E-state index contributed by atoms with van der Waals surface area (Å²) in [5.41, 5.74) is 0.951. The average molecular weight is 374 g/mol. The number of amides is 2. The quantitative estimate of drug-likeness (QED) is 0.710. The Morgan fingerprint density at radius 1 is 1.26 bits per heavy atom. The van der Waals surface area contributed by atoms with E-state index < -0.39 is 6.10 Å². The molecular formula is C21H30N2O4. The van der Waals surface area contributed by atoms with Gasteiger partial charge in [-0.15, -0.1) is 0 Å². The van der Waals surface area contributed by atoms with Crippen molar-refractivity contribution in [1.82, 2.24) is 10.2 Å². The summed E-state index contributed by atoms with van der Waals surface area (Å²) in [6.07, 6.45) is 4.33. The molecule has 1 saturated carbocycles. The van der Waals surface area contributed by atoms with Gasteiger partial charge in [0.1, 0.15) is 6.61 Å². The number of nitrogens with one attached hydrogen (secondary N) is 1. The Morgan fingerprint density at radius 3 is 2.70 bits per heavy atom. The maximum atomic E-state index is 12.9. The Kier molecular flexibility index (Phi) is 7.24. The molecule has 1 aliphatic carbocycles. The van der Waals surface area contributed by atoms with Crippen LogP contribution in [-0.4, -0.2) is 55.2 Å². The highest BCUT2D eigenvalue weighted by atomic mass is 16.5. The Morgan fingerprint density at radius 2 is 2.00 bits per heavy atom. The van der Waals surface area contributed by atoms with E-state index in [2.05, 4.69) is 5.32 Å². The number of carbonyl (C=O) groups is 2. The third-order valence-corrected chi connectivity index (χ3v) is 5.35. The van der Waals surface area contributed by atoms with Gasteiger partial charge in [-0.1, -0.05) is 43.2 Å². The Bertz CT molecular complexity index is 616. The zero-order chi connectivity index (χ0) is 19.1. The second-order valence-corrected chi connectivity index (χ2v) is 7.17. The summed E-state index contributed by atoms with van der Waals surface area (Å²) in [6.45, 7) is 3.76. The first kappa shape index (κ1) is 19.8. The first-order valence-electron chi connectivity index (χ1n) is 10.1. The molecule has 1 heterocycles. The van der Waals surface area contributed by atoms with E-state index in [0.29, 0.717) is 19.8 Å². The third-order valence-electron chi connectivity index (χ3n) is 5.35. The van der Waals surface area contributed by atoms with E-state index in [4.69, 9.17) is 9.47 Å². The molecule has 1 aliphatic heterocycles. The smallest absolute Gasteiger partial charge is 0.251 e. The van der Waals surface area contributed by atoms with E-state index in [1.807, 2.05) is 42.2 Å². The topological polar surface area (TPSA) is 67.9 Å². The highest BCUT2D eigenvalue weighted by molar-refractivity contribution is 5.86. The van der Waals surface area contributed by atoms with Crippen molar-refractivity contribution in [2.45, 2.75) is 57.2 Å². The van der Waals surface area contributed by atoms with Crippen molar-refractivity contribution in [3.8, 4) is 0 Å². The lowest BCUT2D eigenvalue weighted by atomic mass is 9.95. The normalized spacial score (nSPS) is 23.6. The standard InChI is InChI=1S/C21H30N2O4/c1-2-26-14-8-13-22-21(25)20-19(16-9-4-3-5-10-16)23(18(24)15-27-20)17-11-6-7-12-17/h3-5,9-10,17,19-20H,2,6-8,11-15H2,1H3,(H,22,25)/t19-,20+/m0/s1. The molecule has 0 aromatic heterocycles. The minimum absolute atomic E-state index is 0.0175. The molecule has 6 nitrogen and oxygen atoms in total. The molecule has 1 N–H and O–H groups in total.